The number of hydrogen-bond acceptors (Lipinski definition) is 3. The summed E-state index contributed by atoms with van der Waals surface area (Å²) in [7, 11) is 0. The third-order valence-electron chi connectivity index (χ3n) is 2.25. The summed E-state index contributed by atoms with van der Waals surface area (Å²) in [6.07, 6.45) is 2.99. The number of ether oxygens (including phenoxy) is 1. The van der Waals surface area contributed by atoms with Crippen molar-refractivity contribution in [3.63, 3.8) is 0 Å². The van der Waals surface area contributed by atoms with Gasteiger partial charge in [0.25, 0.3) is 0 Å². The first-order valence-corrected chi connectivity index (χ1v) is 5.05. The van der Waals surface area contributed by atoms with Crippen LogP contribution in [0.15, 0.2) is 23.1 Å². The molecule has 3 rings (SSSR count). The van der Waals surface area contributed by atoms with E-state index in [0.717, 1.165) is 4.60 Å². The SMILES string of the molecule is Fc1nccc2c1-c1ncc(Br)n1CO2. The van der Waals surface area contributed by atoms with Gasteiger partial charge in [0.2, 0.25) is 5.95 Å². The molecular weight excluding hydrogens is 265 g/mol. The molecule has 0 atom stereocenters. The van der Waals surface area contributed by atoms with Gasteiger partial charge in [-0.05, 0) is 22.0 Å². The quantitative estimate of drug-likeness (QED) is 0.689. The number of rotatable bonds is 0. The van der Waals surface area contributed by atoms with Crippen LogP contribution < -0.4 is 4.74 Å². The Morgan fingerprint density at radius 3 is 3.20 bits per heavy atom. The van der Waals surface area contributed by atoms with Crippen LogP contribution in [0.2, 0.25) is 0 Å². The van der Waals surface area contributed by atoms with Crippen molar-refractivity contribution in [3.8, 4) is 17.1 Å². The third-order valence-corrected chi connectivity index (χ3v) is 2.88. The zero-order chi connectivity index (χ0) is 10.4. The molecule has 0 aliphatic carbocycles. The number of aromatic nitrogens is 3. The maximum atomic E-state index is 13.5. The van der Waals surface area contributed by atoms with E-state index in [2.05, 4.69) is 25.9 Å². The van der Waals surface area contributed by atoms with E-state index in [1.807, 2.05) is 0 Å². The number of imidazole rings is 1. The van der Waals surface area contributed by atoms with Crippen LogP contribution in [0.1, 0.15) is 0 Å². The van der Waals surface area contributed by atoms with Crippen molar-refractivity contribution in [1.82, 2.24) is 14.5 Å². The van der Waals surface area contributed by atoms with Crippen molar-refractivity contribution in [2.75, 3.05) is 0 Å². The lowest BCUT2D eigenvalue weighted by molar-refractivity contribution is 0.225. The lowest BCUT2D eigenvalue weighted by atomic mass is 10.2. The highest BCUT2D eigenvalue weighted by molar-refractivity contribution is 9.10. The molecule has 3 heterocycles. The molecular formula is C9H5BrFN3O. The largest absolute Gasteiger partial charge is 0.472 e. The van der Waals surface area contributed by atoms with Crippen molar-refractivity contribution < 1.29 is 9.13 Å². The van der Waals surface area contributed by atoms with Gasteiger partial charge < -0.3 is 4.74 Å². The fraction of sp³-hybridized carbons (Fsp3) is 0.111. The molecule has 0 amide bonds. The van der Waals surface area contributed by atoms with Crippen molar-refractivity contribution in [2.45, 2.75) is 6.73 Å². The normalized spacial score (nSPS) is 12.9. The first-order valence-electron chi connectivity index (χ1n) is 4.26. The Morgan fingerprint density at radius 1 is 1.47 bits per heavy atom. The zero-order valence-electron chi connectivity index (χ0n) is 7.44. The van der Waals surface area contributed by atoms with Crippen LogP contribution in [0.3, 0.4) is 0 Å². The van der Waals surface area contributed by atoms with Crippen molar-refractivity contribution in [3.05, 3.63) is 29.0 Å². The maximum absolute atomic E-state index is 13.5. The Morgan fingerprint density at radius 2 is 2.33 bits per heavy atom. The minimum absolute atomic E-state index is 0.314. The standard InChI is InChI=1S/C9H5BrFN3O/c10-6-3-13-9-7-5(15-4-14(6)9)1-2-12-8(7)11/h1-3H,4H2. The second kappa shape index (κ2) is 3.03. The summed E-state index contributed by atoms with van der Waals surface area (Å²) in [5.41, 5.74) is 0.314. The summed E-state index contributed by atoms with van der Waals surface area (Å²) < 4.78 is 21.4. The van der Waals surface area contributed by atoms with Crippen molar-refractivity contribution in [2.24, 2.45) is 0 Å². The molecule has 15 heavy (non-hydrogen) atoms. The first kappa shape index (κ1) is 8.84. The van der Waals surface area contributed by atoms with Gasteiger partial charge in [-0.15, -0.1) is 0 Å². The van der Waals surface area contributed by atoms with E-state index in [9.17, 15) is 4.39 Å². The van der Waals surface area contributed by atoms with Gasteiger partial charge >= 0.3 is 0 Å². The monoisotopic (exact) mass is 269 g/mol. The molecule has 0 saturated carbocycles. The number of hydrogen-bond donors (Lipinski definition) is 0. The van der Waals surface area contributed by atoms with E-state index < -0.39 is 5.95 Å². The highest BCUT2D eigenvalue weighted by Gasteiger charge is 2.24. The molecule has 6 heteroatoms. The molecule has 0 N–H and O–H groups in total. The Balaban J connectivity index is 2.33. The summed E-state index contributed by atoms with van der Waals surface area (Å²) >= 11 is 3.31. The number of nitrogens with zero attached hydrogens (tertiary/aromatic N) is 3. The van der Waals surface area contributed by atoms with Gasteiger partial charge in [-0.3, -0.25) is 4.57 Å². The number of halogens is 2. The highest BCUT2D eigenvalue weighted by atomic mass is 79.9. The molecule has 76 valence electrons. The Kier molecular flexibility index (Phi) is 1.79. The Labute approximate surface area is 92.9 Å². The zero-order valence-corrected chi connectivity index (χ0v) is 9.03. The van der Waals surface area contributed by atoms with E-state index in [0.29, 0.717) is 23.9 Å². The molecule has 0 fully saturated rings. The molecule has 0 bridgehead atoms. The van der Waals surface area contributed by atoms with E-state index in [1.54, 1.807) is 16.8 Å². The van der Waals surface area contributed by atoms with Crippen molar-refractivity contribution in [1.29, 1.82) is 0 Å². The van der Waals surface area contributed by atoms with Gasteiger partial charge in [0.05, 0.1) is 6.20 Å². The van der Waals surface area contributed by atoms with Crippen LogP contribution in [0, 0.1) is 5.95 Å². The minimum Gasteiger partial charge on any atom is -0.472 e. The molecule has 0 radical (unpaired) electrons. The molecule has 2 aromatic rings. The summed E-state index contributed by atoms with van der Waals surface area (Å²) in [4.78, 5) is 7.70. The second-order valence-corrected chi connectivity index (χ2v) is 3.89. The smallest absolute Gasteiger partial charge is 0.227 e. The number of fused-ring (bicyclic) bond motifs is 3. The number of pyridine rings is 1. The molecule has 4 nitrogen and oxygen atoms in total. The van der Waals surface area contributed by atoms with Gasteiger partial charge in [0.1, 0.15) is 15.9 Å². The topological polar surface area (TPSA) is 39.9 Å². The van der Waals surface area contributed by atoms with Crippen LogP contribution >= 0.6 is 15.9 Å². The summed E-state index contributed by atoms with van der Waals surface area (Å²) in [6, 6.07) is 1.63. The van der Waals surface area contributed by atoms with Gasteiger partial charge in [0, 0.05) is 6.20 Å². The lowest BCUT2D eigenvalue weighted by Crippen LogP contribution is -2.14. The van der Waals surface area contributed by atoms with Gasteiger partial charge in [-0.2, -0.15) is 4.39 Å². The fourth-order valence-electron chi connectivity index (χ4n) is 1.55. The molecule has 0 unspecified atom stereocenters. The van der Waals surface area contributed by atoms with E-state index >= 15 is 0 Å². The third kappa shape index (κ3) is 1.18. The summed E-state index contributed by atoms with van der Waals surface area (Å²) in [5.74, 6) is 0.452. The molecule has 0 saturated heterocycles. The Hall–Kier alpha value is -1.43. The molecule has 1 aliphatic rings. The first-order chi connectivity index (χ1) is 7.27. The maximum Gasteiger partial charge on any atom is 0.227 e. The van der Waals surface area contributed by atoms with E-state index in [1.165, 1.54) is 6.20 Å². The lowest BCUT2D eigenvalue weighted by Gasteiger charge is -2.19. The van der Waals surface area contributed by atoms with Crippen LogP contribution in [-0.2, 0) is 6.73 Å². The van der Waals surface area contributed by atoms with Gasteiger partial charge in [-0.25, -0.2) is 9.97 Å². The fourth-order valence-corrected chi connectivity index (χ4v) is 1.93. The van der Waals surface area contributed by atoms with Crippen LogP contribution in [0.4, 0.5) is 4.39 Å². The van der Waals surface area contributed by atoms with Crippen LogP contribution in [-0.4, -0.2) is 14.5 Å². The average molecular weight is 270 g/mol. The molecule has 0 aromatic carbocycles. The molecule has 2 aromatic heterocycles. The summed E-state index contributed by atoms with van der Waals surface area (Å²) in [6.45, 7) is 0.326. The second-order valence-electron chi connectivity index (χ2n) is 3.08. The molecule has 0 spiro atoms. The van der Waals surface area contributed by atoms with E-state index in [-0.39, 0.29) is 0 Å². The van der Waals surface area contributed by atoms with E-state index in [4.69, 9.17) is 4.74 Å². The summed E-state index contributed by atoms with van der Waals surface area (Å²) in [5, 5.41) is 0. The Bertz CT molecular complexity index is 540. The van der Waals surface area contributed by atoms with Gasteiger partial charge in [0.15, 0.2) is 12.6 Å². The van der Waals surface area contributed by atoms with Gasteiger partial charge in [-0.1, -0.05) is 0 Å². The van der Waals surface area contributed by atoms with Crippen LogP contribution in [0.5, 0.6) is 5.75 Å². The highest BCUT2D eigenvalue weighted by Crippen LogP contribution is 2.35. The molecule has 1 aliphatic heterocycles. The van der Waals surface area contributed by atoms with Crippen LogP contribution in [0.25, 0.3) is 11.4 Å². The average Bonchev–Trinajstić information content (AvgIpc) is 2.61. The van der Waals surface area contributed by atoms with Crippen molar-refractivity contribution >= 4 is 15.9 Å². The predicted molar refractivity (Wildman–Crippen MR) is 53.7 cm³/mol. The predicted octanol–water partition coefficient (Wildman–Crippen LogP) is 2.20. The minimum atomic E-state index is -0.563.